The van der Waals surface area contributed by atoms with E-state index in [0.29, 0.717) is 6.42 Å². The van der Waals surface area contributed by atoms with E-state index in [1.54, 1.807) is 6.92 Å². The zero-order valence-electron chi connectivity index (χ0n) is 7.78. The standard InChI is InChI=1S/C6H11F3NO4P/c1-2-3-4(14-15(12)13)10-5(11)6(7,8)9/h4,12-13H,2-3H2,1H3,(H,10,11). The molecule has 3 N–H and O–H groups in total. The largest absolute Gasteiger partial charge is 0.471 e. The lowest BCUT2D eigenvalue weighted by Gasteiger charge is -2.19. The average molecular weight is 249 g/mol. The highest BCUT2D eigenvalue weighted by Gasteiger charge is 2.40. The van der Waals surface area contributed by atoms with Gasteiger partial charge in [0.2, 0.25) is 0 Å². The first kappa shape index (κ1) is 14.6. The highest BCUT2D eigenvalue weighted by atomic mass is 31.2. The molecule has 0 aromatic heterocycles. The number of hydrogen-bond acceptors (Lipinski definition) is 4. The molecule has 0 fully saturated rings. The summed E-state index contributed by atoms with van der Waals surface area (Å²) in [4.78, 5) is 27.3. The van der Waals surface area contributed by atoms with Crippen LogP contribution in [0, 0.1) is 0 Å². The van der Waals surface area contributed by atoms with E-state index >= 15 is 0 Å². The molecule has 0 aliphatic rings. The molecule has 0 aliphatic heterocycles. The van der Waals surface area contributed by atoms with Crippen LogP contribution >= 0.6 is 8.60 Å². The minimum absolute atomic E-state index is 0.0573. The van der Waals surface area contributed by atoms with Crippen molar-refractivity contribution in [2.24, 2.45) is 0 Å². The van der Waals surface area contributed by atoms with Crippen LogP contribution in [0.1, 0.15) is 19.8 Å². The Hall–Kier alpha value is -0.430. The molecule has 5 nitrogen and oxygen atoms in total. The number of nitrogens with one attached hydrogen (secondary N) is 1. The molecular formula is C6H11F3NO4P. The third kappa shape index (κ3) is 6.62. The van der Waals surface area contributed by atoms with E-state index in [-0.39, 0.29) is 6.42 Å². The molecule has 1 amide bonds. The smallest absolute Gasteiger partial charge is 0.328 e. The fraction of sp³-hybridized carbons (Fsp3) is 0.833. The summed E-state index contributed by atoms with van der Waals surface area (Å²) in [5, 5.41) is 1.50. The van der Waals surface area contributed by atoms with Crippen LogP contribution < -0.4 is 5.32 Å². The fourth-order valence-electron chi connectivity index (χ4n) is 0.755. The summed E-state index contributed by atoms with van der Waals surface area (Å²) in [5.74, 6) is -2.17. The van der Waals surface area contributed by atoms with Gasteiger partial charge in [0.05, 0.1) is 0 Å². The van der Waals surface area contributed by atoms with Gasteiger partial charge < -0.3 is 15.1 Å². The van der Waals surface area contributed by atoms with Gasteiger partial charge in [-0.25, -0.2) is 0 Å². The average Bonchev–Trinajstić information content (AvgIpc) is 2.01. The van der Waals surface area contributed by atoms with Crippen molar-refractivity contribution in [1.82, 2.24) is 5.32 Å². The molecule has 9 heteroatoms. The van der Waals surface area contributed by atoms with Crippen LogP contribution in [0.3, 0.4) is 0 Å². The fourth-order valence-corrected chi connectivity index (χ4v) is 1.14. The van der Waals surface area contributed by atoms with Gasteiger partial charge in [-0.05, 0) is 6.42 Å². The van der Waals surface area contributed by atoms with Crippen LogP contribution in [-0.2, 0) is 9.32 Å². The van der Waals surface area contributed by atoms with Crippen LogP contribution in [-0.4, -0.2) is 28.1 Å². The number of carbonyl (C=O) groups excluding carboxylic acids is 1. The molecule has 90 valence electrons. The van der Waals surface area contributed by atoms with Crippen molar-refractivity contribution in [2.75, 3.05) is 0 Å². The third-order valence-electron chi connectivity index (χ3n) is 1.32. The van der Waals surface area contributed by atoms with E-state index in [9.17, 15) is 18.0 Å². The van der Waals surface area contributed by atoms with E-state index in [1.165, 1.54) is 5.32 Å². The Labute approximate surface area is 85.2 Å². The van der Waals surface area contributed by atoms with Crippen molar-refractivity contribution in [3.8, 4) is 0 Å². The maximum Gasteiger partial charge on any atom is 0.471 e. The summed E-state index contributed by atoms with van der Waals surface area (Å²) < 4.78 is 39.7. The first-order valence-corrected chi connectivity index (χ1v) is 5.16. The SMILES string of the molecule is CCCC(NC(=O)C(F)(F)F)OP(O)O. The van der Waals surface area contributed by atoms with Crippen molar-refractivity contribution in [3.05, 3.63) is 0 Å². The Morgan fingerprint density at radius 3 is 2.40 bits per heavy atom. The Balaban J connectivity index is 4.22. The molecule has 0 saturated heterocycles. The highest BCUT2D eigenvalue weighted by molar-refractivity contribution is 7.39. The van der Waals surface area contributed by atoms with E-state index in [1.807, 2.05) is 0 Å². The van der Waals surface area contributed by atoms with E-state index < -0.39 is 26.9 Å². The molecule has 0 aromatic rings. The number of hydrogen-bond donors (Lipinski definition) is 3. The van der Waals surface area contributed by atoms with Gasteiger partial charge in [0, 0.05) is 0 Å². The van der Waals surface area contributed by atoms with Crippen molar-refractivity contribution in [3.63, 3.8) is 0 Å². The summed E-state index contributed by atoms with van der Waals surface area (Å²) in [5.41, 5.74) is 0. The second-order valence-electron chi connectivity index (χ2n) is 2.61. The second-order valence-corrected chi connectivity index (χ2v) is 3.32. The summed E-state index contributed by atoms with van der Waals surface area (Å²) >= 11 is 0. The Bertz CT molecular complexity index is 211. The lowest BCUT2D eigenvalue weighted by molar-refractivity contribution is -0.176. The van der Waals surface area contributed by atoms with Crippen LogP contribution in [0.5, 0.6) is 0 Å². The number of halogens is 3. The molecular weight excluding hydrogens is 238 g/mol. The molecule has 0 aromatic carbocycles. The molecule has 0 saturated carbocycles. The molecule has 0 rings (SSSR count). The quantitative estimate of drug-likeness (QED) is 0.502. The van der Waals surface area contributed by atoms with Gasteiger partial charge in [-0.15, -0.1) is 0 Å². The van der Waals surface area contributed by atoms with Gasteiger partial charge in [0.1, 0.15) is 6.23 Å². The van der Waals surface area contributed by atoms with Crippen LogP contribution in [0.4, 0.5) is 13.2 Å². The lowest BCUT2D eigenvalue weighted by atomic mass is 10.3. The van der Waals surface area contributed by atoms with Crippen molar-refractivity contribution in [1.29, 1.82) is 0 Å². The Morgan fingerprint density at radius 1 is 1.53 bits per heavy atom. The maximum absolute atomic E-state index is 11.8. The van der Waals surface area contributed by atoms with Gasteiger partial charge in [0.15, 0.2) is 0 Å². The van der Waals surface area contributed by atoms with Gasteiger partial charge in [0.25, 0.3) is 0 Å². The molecule has 0 spiro atoms. The molecule has 15 heavy (non-hydrogen) atoms. The maximum atomic E-state index is 11.8. The van der Waals surface area contributed by atoms with Gasteiger partial charge in [-0.1, -0.05) is 13.3 Å². The van der Waals surface area contributed by atoms with Gasteiger partial charge in [-0.2, -0.15) is 13.2 Å². The zero-order valence-corrected chi connectivity index (χ0v) is 8.68. The molecule has 0 radical (unpaired) electrons. The van der Waals surface area contributed by atoms with Crippen molar-refractivity contribution in [2.45, 2.75) is 32.2 Å². The minimum Gasteiger partial charge on any atom is -0.328 e. The third-order valence-corrected chi connectivity index (χ3v) is 1.76. The number of amides is 1. The predicted octanol–water partition coefficient (Wildman–Crippen LogP) is 1.02. The second kappa shape index (κ2) is 6.22. The van der Waals surface area contributed by atoms with E-state index in [2.05, 4.69) is 4.52 Å². The summed E-state index contributed by atoms with van der Waals surface area (Å²) in [7, 11) is -2.80. The number of rotatable bonds is 5. The number of alkyl halides is 3. The molecule has 1 unspecified atom stereocenters. The first-order valence-electron chi connectivity index (χ1n) is 3.99. The first-order chi connectivity index (χ1) is 6.77. The van der Waals surface area contributed by atoms with Crippen molar-refractivity contribution < 1.29 is 32.3 Å². The molecule has 0 heterocycles. The van der Waals surface area contributed by atoms with Crippen molar-refractivity contribution >= 4 is 14.5 Å². The highest BCUT2D eigenvalue weighted by Crippen LogP contribution is 2.28. The minimum atomic E-state index is -5.01. The zero-order chi connectivity index (χ0) is 12.1. The Morgan fingerprint density at radius 2 is 2.07 bits per heavy atom. The predicted molar refractivity (Wildman–Crippen MR) is 45.3 cm³/mol. The van der Waals surface area contributed by atoms with Crippen LogP contribution in [0.2, 0.25) is 0 Å². The summed E-state index contributed by atoms with van der Waals surface area (Å²) in [6, 6.07) is 0. The summed E-state index contributed by atoms with van der Waals surface area (Å²) in [6.45, 7) is 1.65. The number of carbonyl (C=O) groups is 1. The monoisotopic (exact) mass is 249 g/mol. The molecule has 0 aliphatic carbocycles. The summed E-state index contributed by atoms with van der Waals surface area (Å²) in [6.07, 6.45) is -5.87. The van der Waals surface area contributed by atoms with E-state index in [4.69, 9.17) is 9.79 Å². The lowest BCUT2D eigenvalue weighted by Crippen LogP contribution is -2.43. The van der Waals surface area contributed by atoms with Crippen LogP contribution in [0.25, 0.3) is 0 Å². The normalized spacial score (nSPS) is 14.1. The van der Waals surface area contributed by atoms with Gasteiger partial charge in [-0.3, -0.25) is 9.32 Å². The topological polar surface area (TPSA) is 78.8 Å². The van der Waals surface area contributed by atoms with Gasteiger partial charge >= 0.3 is 20.7 Å². The van der Waals surface area contributed by atoms with Crippen LogP contribution in [0.15, 0.2) is 0 Å². The van der Waals surface area contributed by atoms with E-state index in [0.717, 1.165) is 0 Å². The molecule has 1 atom stereocenters. The molecule has 0 bridgehead atoms. The Kier molecular flexibility index (Phi) is 6.04.